The van der Waals surface area contributed by atoms with E-state index in [1.165, 1.54) is 24.4 Å². The van der Waals surface area contributed by atoms with Crippen molar-refractivity contribution in [1.29, 1.82) is 0 Å². The molecule has 1 amide bonds. The molecular formula is C22H19ClN2O4. The van der Waals surface area contributed by atoms with Gasteiger partial charge in [-0.1, -0.05) is 35.9 Å². The molecule has 0 fully saturated rings. The van der Waals surface area contributed by atoms with Crippen molar-refractivity contribution in [2.24, 2.45) is 0 Å². The van der Waals surface area contributed by atoms with Crippen LogP contribution in [-0.2, 0) is 0 Å². The van der Waals surface area contributed by atoms with E-state index in [-0.39, 0.29) is 23.0 Å². The van der Waals surface area contributed by atoms with Crippen molar-refractivity contribution in [3.8, 4) is 11.6 Å². The number of halogens is 1. The van der Waals surface area contributed by atoms with Crippen LogP contribution in [0.2, 0.25) is 5.02 Å². The van der Waals surface area contributed by atoms with Crippen molar-refractivity contribution in [1.82, 2.24) is 10.3 Å². The number of carbonyl (C=O) groups excluding carboxylic acids is 1. The van der Waals surface area contributed by atoms with Crippen LogP contribution in [0, 0.1) is 6.92 Å². The Morgan fingerprint density at radius 3 is 2.52 bits per heavy atom. The Kier molecular flexibility index (Phi) is 6.14. The van der Waals surface area contributed by atoms with Gasteiger partial charge >= 0.3 is 5.97 Å². The number of aromatic carboxylic acids is 1. The van der Waals surface area contributed by atoms with Crippen molar-refractivity contribution in [2.75, 3.05) is 0 Å². The number of benzene rings is 2. The second-order valence-corrected chi connectivity index (χ2v) is 6.98. The molecule has 0 aliphatic carbocycles. The van der Waals surface area contributed by atoms with Gasteiger partial charge in [-0.2, -0.15) is 0 Å². The lowest BCUT2D eigenvalue weighted by Gasteiger charge is -2.16. The van der Waals surface area contributed by atoms with Gasteiger partial charge in [0.05, 0.1) is 16.6 Å². The average molecular weight is 411 g/mol. The minimum Gasteiger partial charge on any atom is -0.478 e. The summed E-state index contributed by atoms with van der Waals surface area (Å²) in [6.07, 6.45) is 1.41. The van der Waals surface area contributed by atoms with Crippen molar-refractivity contribution >= 4 is 23.5 Å². The van der Waals surface area contributed by atoms with Gasteiger partial charge in [-0.05, 0) is 55.3 Å². The van der Waals surface area contributed by atoms with Crippen LogP contribution in [0.1, 0.15) is 44.8 Å². The smallest absolute Gasteiger partial charge is 0.335 e. The van der Waals surface area contributed by atoms with Crippen LogP contribution in [0.5, 0.6) is 11.6 Å². The number of amides is 1. The first-order valence-electron chi connectivity index (χ1n) is 8.87. The normalized spacial score (nSPS) is 11.6. The molecule has 0 radical (unpaired) electrons. The molecule has 2 N–H and O–H groups in total. The number of hydrogen-bond donors (Lipinski definition) is 2. The van der Waals surface area contributed by atoms with Crippen LogP contribution in [0.25, 0.3) is 0 Å². The number of aryl methyl sites for hydroxylation is 1. The Morgan fingerprint density at radius 2 is 1.86 bits per heavy atom. The summed E-state index contributed by atoms with van der Waals surface area (Å²) in [6.45, 7) is 3.74. The zero-order valence-electron chi connectivity index (χ0n) is 15.8. The van der Waals surface area contributed by atoms with Crippen LogP contribution >= 0.6 is 11.6 Å². The molecule has 148 valence electrons. The SMILES string of the molecule is Cc1cccc(Oc2ncc(Cl)cc2C(=O)N[C@@H](C)c2ccc(C(=O)O)cc2)c1. The molecule has 3 aromatic rings. The number of pyridine rings is 1. The fraction of sp³-hybridized carbons (Fsp3) is 0.136. The molecule has 2 aromatic carbocycles. The van der Waals surface area contributed by atoms with Gasteiger partial charge in [0.15, 0.2) is 0 Å². The highest BCUT2D eigenvalue weighted by atomic mass is 35.5. The van der Waals surface area contributed by atoms with Gasteiger partial charge < -0.3 is 15.2 Å². The Labute approximate surface area is 173 Å². The summed E-state index contributed by atoms with van der Waals surface area (Å²) in [4.78, 5) is 28.0. The average Bonchev–Trinajstić information content (AvgIpc) is 2.69. The molecule has 29 heavy (non-hydrogen) atoms. The number of carbonyl (C=O) groups is 2. The van der Waals surface area contributed by atoms with Crippen LogP contribution < -0.4 is 10.1 Å². The minimum absolute atomic E-state index is 0.144. The quantitative estimate of drug-likeness (QED) is 0.595. The van der Waals surface area contributed by atoms with E-state index in [0.717, 1.165) is 11.1 Å². The van der Waals surface area contributed by atoms with Gasteiger partial charge in [0.1, 0.15) is 11.3 Å². The van der Waals surface area contributed by atoms with E-state index >= 15 is 0 Å². The molecule has 1 atom stereocenters. The summed E-state index contributed by atoms with van der Waals surface area (Å²) in [5, 5.41) is 12.2. The molecule has 0 saturated heterocycles. The zero-order chi connectivity index (χ0) is 21.0. The molecule has 3 rings (SSSR count). The molecule has 0 unspecified atom stereocenters. The Hall–Kier alpha value is -3.38. The molecule has 0 saturated carbocycles. The number of carboxylic acids is 1. The monoisotopic (exact) mass is 410 g/mol. The fourth-order valence-corrected chi connectivity index (χ4v) is 2.89. The van der Waals surface area contributed by atoms with Crippen molar-refractivity contribution < 1.29 is 19.4 Å². The minimum atomic E-state index is -1.00. The number of nitrogens with zero attached hydrogens (tertiary/aromatic N) is 1. The van der Waals surface area contributed by atoms with Crippen LogP contribution in [-0.4, -0.2) is 22.0 Å². The van der Waals surface area contributed by atoms with Gasteiger partial charge in [-0.25, -0.2) is 9.78 Å². The van der Waals surface area contributed by atoms with E-state index in [4.69, 9.17) is 21.4 Å². The summed E-state index contributed by atoms with van der Waals surface area (Å²) < 4.78 is 5.80. The van der Waals surface area contributed by atoms with E-state index in [0.29, 0.717) is 10.8 Å². The second-order valence-electron chi connectivity index (χ2n) is 6.55. The Balaban J connectivity index is 1.80. The van der Waals surface area contributed by atoms with Gasteiger partial charge in [-0.15, -0.1) is 0 Å². The van der Waals surface area contributed by atoms with Crippen molar-refractivity contribution in [2.45, 2.75) is 19.9 Å². The molecule has 7 heteroatoms. The molecule has 6 nitrogen and oxygen atoms in total. The fourth-order valence-electron chi connectivity index (χ4n) is 2.73. The van der Waals surface area contributed by atoms with Gasteiger partial charge in [0.2, 0.25) is 5.88 Å². The molecular weight excluding hydrogens is 392 g/mol. The highest BCUT2D eigenvalue weighted by molar-refractivity contribution is 6.30. The third kappa shape index (κ3) is 5.12. The molecule has 0 aliphatic rings. The highest BCUT2D eigenvalue weighted by Crippen LogP contribution is 2.26. The topological polar surface area (TPSA) is 88.5 Å². The van der Waals surface area contributed by atoms with E-state index in [1.807, 2.05) is 25.1 Å². The lowest BCUT2D eigenvalue weighted by molar-refractivity contribution is 0.0696. The molecule has 1 aromatic heterocycles. The Morgan fingerprint density at radius 1 is 1.14 bits per heavy atom. The molecule has 1 heterocycles. The van der Waals surface area contributed by atoms with Gasteiger partial charge in [-0.3, -0.25) is 4.79 Å². The first kappa shape index (κ1) is 20.4. The Bertz CT molecular complexity index is 1050. The predicted molar refractivity (Wildman–Crippen MR) is 110 cm³/mol. The van der Waals surface area contributed by atoms with Gasteiger partial charge in [0, 0.05) is 6.20 Å². The zero-order valence-corrected chi connectivity index (χ0v) is 16.6. The summed E-state index contributed by atoms with van der Waals surface area (Å²) >= 11 is 6.04. The van der Waals surface area contributed by atoms with E-state index in [2.05, 4.69) is 10.3 Å². The van der Waals surface area contributed by atoms with Gasteiger partial charge in [0.25, 0.3) is 5.91 Å². The summed E-state index contributed by atoms with van der Waals surface area (Å²) in [5.41, 5.74) is 2.16. The summed E-state index contributed by atoms with van der Waals surface area (Å²) in [5.74, 6) is -0.703. The summed E-state index contributed by atoms with van der Waals surface area (Å²) in [6, 6.07) is 14.8. The van der Waals surface area contributed by atoms with Crippen molar-refractivity contribution in [3.05, 3.63) is 88.1 Å². The number of ether oxygens (including phenoxy) is 1. The second kappa shape index (κ2) is 8.75. The largest absolute Gasteiger partial charge is 0.478 e. The third-order valence-corrected chi connectivity index (χ3v) is 4.48. The highest BCUT2D eigenvalue weighted by Gasteiger charge is 2.19. The summed E-state index contributed by atoms with van der Waals surface area (Å²) in [7, 11) is 0. The number of hydrogen-bond acceptors (Lipinski definition) is 4. The first-order valence-corrected chi connectivity index (χ1v) is 9.25. The third-order valence-electron chi connectivity index (χ3n) is 4.27. The van der Waals surface area contributed by atoms with Crippen molar-refractivity contribution in [3.63, 3.8) is 0 Å². The number of rotatable bonds is 6. The maximum absolute atomic E-state index is 12.8. The standard InChI is InChI=1S/C22H19ClN2O4/c1-13-4-3-5-18(10-13)29-21-19(11-17(23)12-24-21)20(26)25-14(2)15-6-8-16(9-7-15)22(27)28/h3-12,14H,1-2H3,(H,25,26)(H,27,28)/t14-/m0/s1. The van der Waals surface area contributed by atoms with Crippen LogP contribution in [0.4, 0.5) is 0 Å². The maximum atomic E-state index is 12.8. The van der Waals surface area contributed by atoms with E-state index in [9.17, 15) is 9.59 Å². The molecule has 0 spiro atoms. The number of carboxylic acid groups (broad SMARTS) is 1. The van der Waals surface area contributed by atoms with E-state index in [1.54, 1.807) is 25.1 Å². The maximum Gasteiger partial charge on any atom is 0.335 e. The first-order chi connectivity index (χ1) is 13.8. The number of nitrogens with one attached hydrogen (secondary N) is 1. The number of aromatic nitrogens is 1. The van der Waals surface area contributed by atoms with Crippen LogP contribution in [0.15, 0.2) is 60.8 Å². The predicted octanol–water partition coefficient (Wildman–Crippen LogP) is 5.02. The van der Waals surface area contributed by atoms with E-state index < -0.39 is 11.9 Å². The lowest BCUT2D eigenvalue weighted by atomic mass is 10.1. The lowest BCUT2D eigenvalue weighted by Crippen LogP contribution is -2.27. The molecule has 0 aliphatic heterocycles. The van der Waals surface area contributed by atoms with Crippen LogP contribution in [0.3, 0.4) is 0 Å². The molecule has 0 bridgehead atoms.